The monoisotopic (exact) mass is 367 g/mol. The zero-order valence-electron chi connectivity index (χ0n) is 16.1. The van der Waals surface area contributed by atoms with Gasteiger partial charge in [0.15, 0.2) is 0 Å². The molecular formula is C20H25N5O2. The van der Waals surface area contributed by atoms with Crippen LogP contribution in [0.5, 0.6) is 0 Å². The summed E-state index contributed by atoms with van der Waals surface area (Å²) < 4.78 is 7.62. The highest BCUT2D eigenvalue weighted by Gasteiger charge is 2.32. The SMILES string of the molecule is CCc1ccc(C2CCCCCN2C(=O)c2nc3nc(C)cc(C)n3n2)o1. The first-order valence-electron chi connectivity index (χ1n) is 9.67. The summed E-state index contributed by atoms with van der Waals surface area (Å²) in [7, 11) is 0. The topological polar surface area (TPSA) is 76.5 Å². The van der Waals surface area contributed by atoms with Gasteiger partial charge in [-0.15, -0.1) is 5.10 Å². The van der Waals surface area contributed by atoms with Crippen molar-refractivity contribution >= 4 is 11.7 Å². The minimum atomic E-state index is -0.154. The Morgan fingerprint density at radius 1 is 1.22 bits per heavy atom. The molecule has 1 saturated heterocycles. The lowest BCUT2D eigenvalue weighted by molar-refractivity contribution is 0.0644. The third-order valence-corrected chi connectivity index (χ3v) is 5.18. The van der Waals surface area contributed by atoms with E-state index in [9.17, 15) is 4.79 Å². The van der Waals surface area contributed by atoms with Crippen LogP contribution in [-0.4, -0.2) is 36.9 Å². The Morgan fingerprint density at radius 3 is 2.85 bits per heavy atom. The van der Waals surface area contributed by atoms with Crippen molar-refractivity contribution in [3.05, 3.63) is 46.9 Å². The van der Waals surface area contributed by atoms with Gasteiger partial charge in [-0.2, -0.15) is 4.98 Å². The number of fused-ring (bicyclic) bond motifs is 1. The molecule has 1 aliphatic heterocycles. The number of nitrogens with zero attached hydrogens (tertiary/aromatic N) is 5. The Kier molecular flexibility index (Phi) is 4.68. The molecule has 1 atom stereocenters. The quantitative estimate of drug-likeness (QED) is 0.706. The zero-order chi connectivity index (χ0) is 19.0. The second kappa shape index (κ2) is 7.13. The van der Waals surface area contributed by atoms with Gasteiger partial charge in [0.1, 0.15) is 11.5 Å². The number of aromatic nitrogens is 4. The van der Waals surface area contributed by atoms with E-state index in [4.69, 9.17) is 4.42 Å². The highest BCUT2D eigenvalue weighted by Crippen LogP contribution is 2.32. The molecule has 1 amide bonds. The molecule has 3 aromatic heterocycles. The summed E-state index contributed by atoms with van der Waals surface area (Å²) in [6.45, 7) is 6.61. The summed E-state index contributed by atoms with van der Waals surface area (Å²) in [4.78, 5) is 24.0. The molecule has 4 heterocycles. The smallest absolute Gasteiger partial charge is 0.294 e. The van der Waals surface area contributed by atoms with Gasteiger partial charge in [0, 0.05) is 24.4 Å². The molecule has 0 N–H and O–H groups in total. The number of aryl methyl sites for hydroxylation is 3. The zero-order valence-corrected chi connectivity index (χ0v) is 16.1. The highest BCUT2D eigenvalue weighted by molar-refractivity contribution is 5.91. The van der Waals surface area contributed by atoms with Crippen molar-refractivity contribution in [2.75, 3.05) is 6.54 Å². The summed E-state index contributed by atoms with van der Waals surface area (Å²) in [5.41, 5.74) is 1.77. The lowest BCUT2D eigenvalue weighted by atomic mass is 10.1. The summed E-state index contributed by atoms with van der Waals surface area (Å²) in [5, 5.41) is 4.43. The molecule has 0 radical (unpaired) electrons. The van der Waals surface area contributed by atoms with Gasteiger partial charge >= 0.3 is 0 Å². The fourth-order valence-electron chi connectivity index (χ4n) is 3.80. The molecule has 0 saturated carbocycles. The number of hydrogen-bond donors (Lipinski definition) is 0. The summed E-state index contributed by atoms with van der Waals surface area (Å²) in [6.07, 6.45) is 4.91. The lowest BCUT2D eigenvalue weighted by Crippen LogP contribution is -2.35. The Morgan fingerprint density at radius 2 is 2.07 bits per heavy atom. The van der Waals surface area contributed by atoms with Gasteiger partial charge in [0.25, 0.3) is 11.7 Å². The first-order valence-corrected chi connectivity index (χ1v) is 9.67. The fraction of sp³-hybridized carbons (Fsp3) is 0.500. The number of amides is 1. The van der Waals surface area contributed by atoms with E-state index in [-0.39, 0.29) is 17.8 Å². The van der Waals surface area contributed by atoms with Crippen molar-refractivity contribution in [3.8, 4) is 0 Å². The summed E-state index contributed by atoms with van der Waals surface area (Å²) in [5.74, 6) is 2.32. The Hall–Kier alpha value is -2.70. The van der Waals surface area contributed by atoms with E-state index in [2.05, 4.69) is 22.0 Å². The molecule has 0 bridgehead atoms. The molecule has 0 spiro atoms. The Labute approximate surface area is 158 Å². The minimum Gasteiger partial charge on any atom is -0.464 e. The van der Waals surface area contributed by atoms with Gasteiger partial charge in [-0.25, -0.2) is 9.50 Å². The third-order valence-electron chi connectivity index (χ3n) is 5.18. The molecule has 27 heavy (non-hydrogen) atoms. The molecule has 7 heteroatoms. The van der Waals surface area contributed by atoms with E-state index < -0.39 is 0 Å². The van der Waals surface area contributed by atoms with Crippen LogP contribution in [0.15, 0.2) is 22.6 Å². The first-order chi connectivity index (χ1) is 13.1. The van der Waals surface area contributed by atoms with Crippen LogP contribution in [0.3, 0.4) is 0 Å². The van der Waals surface area contributed by atoms with Crippen LogP contribution in [0.4, 0.5) is 0 Å². The number of carbonyl (C=O) groups excluding carboxylic acids is 1. The van der Waals surface area contributed by atoms with Gasteiger partial charge in [-0.1, -0.05) is 19.8 Å². The van der Waals surface area contributed by atoms with Crippen molar-refractivity contribution in [2.45, 2.75) is 58.9 Å². The Bertz CT molecular complexity index is 974. The van der Waals surface area contributed by atoms with Crippen LogP contribution in [0.25, 0.3) is 5.78 Å². The molecule has 1 fully saturated rings. The number of carbonyl (C=O) groups is 1. The Balaban J connectivity index is 1.70. The maximum Gasteiger partial charge on any atom is 0.294 e. The van der Waals surface area contributed by atoms with Crippen LogP contribution in [0.2, 0.25) is 0 Å². The van der Waals surface area contributed by atoms with E-state index in [1.54, 1.807) is 4.52 Å². The van der Waals surface area contributed by atoms with Gasteiger partial charge in [0.05, 0.1) is 6.04 Å². The molecule has 0 aromatic carbocycles. The van der Waals surface area contributed by atoms with Crippen LogP contribution < -0.4 is 0 Å². The second-order valence-corrected chi connectivity index (χ2v) is 7.21. The molecule has 142 valence electrons. The predicted octanol–water partition coefficient (Wildman–Crippen LogP) is 3.65. The average Bonchev–Trinajstić information content (AvgIpc) is 3.22. The fourth-order valence-corrected chi connectivity index (χ4v) is 3.80. The van der Waals surface area contributed by atoms with E-state index in [1.165, 1.54) is 0 Å². The highest BCUT2D eigenvalue weighted by atomic mass is 16.3. The first kappa shape index (κ1) is 17.7. The molecule has 1 aliphatic rings. The summed E-state index contributed by atoms with van der Waals surface area (Å²) >= 11 is 0. The number of hydrogen-bond acceptors (Lipinski definition) is 5. The molecule has 0 aliphatic carbocycles. The van der Waals surface area contributed by atoms with Gasteiger partial charge in [0.2, 0.25) is 5.82 Å². The molecular weight excluding hydrogens is 342 g/mol. The van der Waals surface area contributed by atoms with Gasteiger partial charge in [-0.05, 0) is 44.9 Å². The van der Waals surface area contributed by atoms with Crippen LogP contribution in [0.1, 0.15) is 72.2 Å². The second-order valence-electron chi connectivity index (χ2n) is 7.21. The normalized spacial score (nSPS) is 18.0. The van der Waals surface area contributed by atoms with E-state index in [0.717, 1.165) is 55.0 Å². The molecule has 1 unspecified atom stereocenters. The van der Waals surface area contributed by atoms with Gasteiger partial charge < -0.3 is 9.32 Å². The van der Waals surface area contributed by atoms with E-state index >= 15 is 0 Å². The largest absolute Gasteiger partial charge is 0.464 e. The minimum absolute atomic E-state index is 0.0669. The van der Waals surface area contributed by atoms with Crippen molar-refractivity contribution in [2.24, 2.45) is 0 Å². The van der Waals surface area contributed by atoms with E-state index in [0.29, 0.717) is 12.3 Å². The predicted molar refractivity (Wildman–Crippen MR) is 101 cm³/mol. The number of likely N-dealkylation sites (tertiary alicyclic amines) is 1. The maximum atomic E-state index is 13.3. The standard InChI is InChI=1S/C20H25N5O2/c1-4-15-9-10-17(27-15)16-8-6-5-7-11-24(16)19(26)18-22-20-21-13(2)12-14(3)25(20)23-18/h9-10,12,16H,4-8,11H2,1-3H3. The van der Waals surface area contributed by atoms with Crippen LogP contribution in [-0.2, 0) is 6.42 Å². The average molecular weight is 367 g/mol. The third kappa shape index (κ3) is 3.34. The van der Waals surface area contributed by atoms with Crippen molar-refractivity contribution < 1.29 is 9.21 Å². The lowest BCUT2D eigenvalue weighted by Gasteiger charge is -2.27. The number of furan rings is 1. The van der Waals surface area contributed by atoms with Crippen LogP contribution in [0, 0.1) is 13.8 Å². The maximum absolute atomic E-state index is 13.3. The van der Waals surface area contributed by atoms with E-state index in [1.807, 2.05) is 36.9 Å². The molecule has 4 rings (SSSR count). The van der Waals surface area contributed by atoms with Crippen molar-refractivity contribution in [3.63, 3.8) is 0 Å². The molecule has 7 nitrogen and oxygen atoms in total. The number of rotatable bonds is 3. The van der Waals surface area contributed by atoms with Gasteiger partial charge in [-0.3, -0.25) is 4.79 Å². The van der Waals surface area contributed by atoms with Crippen LogP contribution >= 0.6 is 0 Å². The van der Waals surface area contributed by atoms with Crippen molar-refractivity contribution in [1.82, 2.24) is 24.5 Å². The molecule has 3 aromatic rings. The van der Waals surface area contributed by atoms with Crippen molar-refractivity contribution in [1.29, 1.82) is 0 Å². The summed E-state index contributed by atoms with van der Waals surface area (Å²) in [6, 6.07) is 5.87.